The van der Waals surface area contributed by atoms with E-state index >= 15 is 0 Å². The fourth-order valence-electron chi connectivity index (χ4n) is 1.47. The Hall–Kier alpha value is -1.71. The number of methoxy groups -OCH3 is 3. The van der Waals surface area contributed by atoms with Crippen molar-refractivity contribution in [2.24, 2.45) is 0 Å². The molecular formula is C11H15NO3. The van der Waals surface area contributed by atoms with Crippen molar-refractivity contribution >= 4 is 6.21 Å². The van der Waals surface area contributed by atoms with Crippen molar-refractivity contribution in [1.82, 2.24) is 0 Å². The van der Waals surface area contributed by atoms with Crippen molar-refractivity contribution in [3.8, 4) is 17.2 Å². The Morgan fingerprint density at radius 1 is 1.07 bits per heavy atom. The van der Waals surface area contributed by atoms with Gasteiger partial charge in [-0.1, -0.05) is 0 Å². The summed E-state index contributed by atoms with van der Waals surface area (Å²) in [6.07, 6.45) is 1.26. The normalized spacial score (nSPS) is 9.60. The summed E-state index contributed by atoms with van der Waals surface area (Å²) >= 11 is 0. The highest BCUT2D eigenvalue weighted by molar-refractivity contribution is 5.83. The Morgan fingerprint density at radius 2 is 1.67 bits per heavy atom. The van der Waals surface area contributed by atoms with Gasteiger partial charge in [0.15, 0.2) is 11.5 Å². The van der Waals surface area contributed by atoms with Crippen molar-refractivity contribution in [3.63, 3.8) is 0 Å². The molecule has 0 amide bonds. The maximum Gasteiger partial charge on any atom is 0.203 e. The van der Waals surface area contributed by atoms with Crippen LogP contribution in [0, 0.1) is 12.3 Å². The van der Waals surface area contributed by atoms with Gasteiger partial charge in [0.1, 0.15) is 0 Å². The van der Waals surface area contributed by atoms with Crippen LogP contribution in [0.2, 0.25) is 0 Å². The molecule has 0 atom stereocenters. The van der Waals surface area contributed by atoms with Crippen molar-refractivity contribution in [2.45, 2.75) is 6.92 Å². The summed E-state index contributed by atoms with van der Waals surface area (Å²) in [6.45, 7) is 1.88. The molecule has 4 heteroatoms. The lowest BCUT2D eigenvalue weighted by molar-refractivity contribution is 0.323. The molecule has 0 aromatic heterocycles. The molecule has 15 heavy (non-hydrogen) atoms. The van der Waals surface area contributed by atoms with Crippen molar-refractivity contribution in [2.75, 3.05) is 21.3 Å². The molecule has 1 aromatic rings. The Bertz CT molecular complexity index is 375. The molecule has 0 saturated carbocycles. The third-order valence-corrected chi connectivity index (χ3v) is 2.27. The van der Waals surface area contributed by atoms with Crippen LogP contribution in [0.1, 0.15) is 11.1 Å². The van der Waals surface area contributed by atoms with Gasteiger partial charge in [-0.25, -0.2) is 0 Å². The zero-order valence-corrected chi connectivity index (χ0v) is 9.38. The van der Waals surface area contributed by atoms with Gasteiger partial charge in [0.05, 0.1) is 21.3 Å². The summed E-state index contributed by atoms with van der Waals surface area (Å²) in [5, 5.41) is 7.28. The first-order valence-corrected chi connectivity index (χ1v) is 4.49. The fourth-order valence-corrected chi connectivity index (χ4v) is 1.47. The molecule has 0 heterocycles. The summed E-state index contributed by atoms with van der Waals surface area (Å²) < 4.78 is 15.6. The summed E-state index contributed by atoms with van der Waals surface area (Å²) in [4.78, 5) is 0. The number of nitrogens with one attached hydrogen (secondary N) is 1. The van der Waals surface area contributed by atoms with Crippen LogP contribution in [-0.2, 0) is 0 Å². The topological polar surface area (TPSA) is 51.5 Å². The highest BCUT2D eigenvalue weighted by Crippen LogP contribution is 2.40. The van der Waals surface area contributed by atoms with Crippen molar-refractivity contribution < 1.29 is 14.2 Å². The van der Waals surface area contributed by atoms with Crippen molar-refractivity contribution in [1.29, 1.82) is 5.41 Å². The zero-order chi connectivity index (χ0) is 11.4. The highest BCUT2D eigenvalue weighted by Gasteiger charge is 2.16. The first-order chi connectivity index (χ1) is 7.19. The van der Waals surface area contributed by atoms with Gasteiger partial charge in [-0.15, -0.1) is 0 Å². The predicted octanol–water partition coefficient (Wildman–Crippen LogP) is 2.02. The van der Waals surface area contributed by atoms with E-state index in [-0.39, 0.29) is 0 Å². The monoisotopic (exact) mass is 209 g/mol. The molecule has 4 nitrogen and oxygen atoms in total. The summed E-state index contributed by atoms with van der Waals surface area (Å²) in [6, 6.07) is 1.75. The average molecular weight is 209 g/mol. The molecule has 1 aromatic carbocycles. The van der Waals surface area contributed by atoms with E-state index in [1.807, 2.05) is 6.92 Å². The lowest BCUT2D eigenvalue weighted by atomic mass is 10.1. The molecule has 0 radical (unpaired) electrons. The van der Waals surface area contributed by atoms with E-state index < -0.39 is 0 Å². The maximum atomic E-state index is 7.28. The third-order valence-electron chi connectivity index (χ3n) is 2.27. The molecule has 0 aliphatic carbocycles. The second-order valence-electron chi connectivity index (χ2n) is 3.00. The van der Waals surface area contributed by atoms with Gasteiger partial charge in [-0.05, 0) is 13.0 Å². The second kappa shape index (κ2) is 4.68. The maximum absolute atomic E-state index is 7.28. The summed E-state index contributed by atoms with van der Waals surface area (Å²) in [5.74, 6) is 1.73. The van der Waals surface area contributed by atoms with Crippen LogP contribution in [0.15, 0.2) is 6.07 Å². The first kappa shape index (κ1) is 11.4. The molecule has 0 saturated heterocycles. The molecule has 1 N–H and O–H groups in total. The van der Waals surface area contributed by atoms with E-state index in [9.17, 15) is 0 Å². The van der Waals surface area contributed by atoms with Crippen LogP contribution < -0.4 is 14.2 Å². The quantitative estimate of drug-likeness (QED) is 0.772. The molecule has 0 fully saturated rings. The third kappa shape index (κ3) is 1.88. The Balaban J connectivity index is 3.49. The Kier molecular flexibility index (Phi) is 3.55. The SMILES string of the molecule is COc1cc(C=N)c(C)c(OC)c1OC. The second-order valence-corrected chi connectivity index (χ2v) is 3.00. The molecular weight excluding hydrogens is 194 g/mol. The molecule has 0 aliphatic rings. The number of ether oxygens (including phenoxy) is 3. The molecule has 82 valence electrons. The lowest BCUT2D eigenvalue weighted by Crippen LogP contribution is -2.00. The van der Waals surface area contributed by atoms with Gasteiger partial charge >= 0.3 is 0 Å². The van der Waals surface area contributed by atoms with Gasteiger partial charge in [0.2, 0.25) is 5.75 Å². The first-order valence-electron chi connectivity index (χ1n) is 4.49. The zero-order valence-electron chi connectivity index (χ0n) is 9.38. The lowest BCUT2D eigenvalue weighted by Gasteiger charge is -2.15. The molecule has 1 rings (SSSR count). The molecule has 0 aliphatic heterocycles. The molecule has 0 bridgehead atoms. The molecule has 0 unspecified atom stereocenters. The van der Waals surface area contributed by atoms with Crippen LogP contribution in [0.25, 0.3) is 0 Å². The van der Waals surface area contributed by atoms with E-state index in [4.69, 9.17) is 19.6 Å². The largest absolute Gasteiger partial charge is 0.493 e. The number of hydrogen-bond donors (Lipinski definition) is 1. The van der Waals surface area contributed by atoms with Gasteiger partial charge in [0.25, 0.3) is 0 Å². The van der Waals surface area contributed by atoms with Crippen LogP contribution in [0.3, 0.4) is 0 Å². The van der Waals surface area contributed by atoms with Crippen LogP contribution in [0.4, 0.5) is 0 Å². The standard InChI is InChI=1S/C11H15NO3/c1-7-8(6-12)5-9(13-2)11(15-4)10(7)14-3/h5-6,12H,1-4H3. The summed E-state index contributed by atoms with van der Waals surface area (Å²) in [5.41, 5.74) is 1.62. The minimum absolute atomic E-state index is 0.558. The van der Waals surface area contributed by atoms with E-state index in [2.05, 4.69) is 0 Å². The number of benzene rings is 1. The highest BCUT2D eigenvalue weighted by atomic mass is 16.5. The Labute approximate surface area is 89.3 Å². The smallest absolute Gasteiger partial charge is 0.203 e. The predicted molar refractivity (Wildman–Crippen MR) is 58.7 cm³/mol. The summed E-state index contributed by atoms with van der Waals surface area (Å²) in [7, 11) is 4.68. The van der Waals surface area contributed by atoms with E-state index in [1.165, 1.54) is 6.21 Å². The fraction of sp³-hybridized carbons (Fsp3) is 0.364. The minimum Gasteiger partial charge on any atom is -0.493 e. The van der Waals surface area contributed by atoms with Crippen LogP contribution in [-0.4, -0.2) is 27.5 Å². The minimum atomic E-state index is 0.558. The number of hydrogen-bond acceptors (Lipinski definition) is 4. The van der Waals surface area contributed by atoms with Crippen LogP contribution >= 0.6 is 0 Å². The number of rotatable bonds is 4. The average Bonchev–Trinajstić information content (AvgIpc) is 2.28. The van der Waals surface area contributed by atoms with Gasteiger partial charge < -0.3 is 19.6 Å². The Morgan fingerprint density at radius 3 is 2.07 bits per heavy atom. The van der Waals surface area contributed by atoms with Crippen LogP contribution in [0.5, 0.6) is 17.2 Å². The van der Waals surface area contributed by atoms with E-state index in [0.717, 1.165) is 11.1 Å². The van der Waals surface area contributed by atoms with Gasteiger partial charge in [0, 0.05) is 17.3 Å². The van der Waals surface area contributed by atoms with E-state index in [0.29, 0.717) is 17.2 Å². The van der Waals surface area contributed by atoms with Gasteiger partial charge in [-0.2, -0.15) is 0 Å². The van der Waals surface area contributed by atoms with E-state index in [1.54, 1.807) is 27.4 Å². The molecule has 0 spiro atoms. The van der Waals surface area contributed by atoms with Gasteiger partial charge in [-0.3, -0.25) is 0 Å². The van der Waals surface area contributed by atoms with Crippen molar-refractivity contribution in [3.05, 3.63) is 17.2 Å².